The fraction of sp³-hybridized carbons (Fsp3) is 0.188. The van der Waals surface area contributed by atoms with Gasteiger partial charge in [0.15, 0.2) is 5.75 Å². The monoisotopic (exact) mass is 256 g/mol. The lowest BCUT2D eigenvalue weighted by Gasteiger charge is -2.04. The van der Waals surface area contributed by atoms with Gasteiger partial charge in [0.2, 0.25) is 11.2 Å². The minimum atomic E-state index is -0.431. The molecule has 0 aliphatic heterocycles. The van der Waals surface area contributed by atoms with Crippen molar-refractivity contribution in [2.24, 2.45) is 0 Å². The second kappa shape index (κ2) is 5.57. The minimum Gasteiger partial charge on any atom is -0.502 e. The molecule has 0 saturated carbocycles. The number of rotatable bonds is 3. The molecule has 0 spiro atoms. The van der Waals surface area contributed by atoms with Gasteiger partial charge in [0.25, 0.3) is 0 Å². The van der Waals surface area contributed by atoms with Gasteiger partial charge < -0.3 is 9.84 Å². The Bertz CT molecular complexity index is 619. The second-order valence-corrected chi connectivity index (χ2v) is 4.62. The van der Waals surface area contributed by atoms with E-state index in [1.165, 1.54) is 6.07 Å². The largest absolute Gasteiger partial charge is 0.502 e. The summed E-state index contributed by atoms with van der Waals surface area (Å²) in [6, 6.07) is 13.9. The molecule has 2 aromatic rings. The summed E-state index contributed by atoms with van der Waals surface area (Å²) >= 11 is 0. The number of aromatic hydroxyl groups is 1. The highest BCUT2D eigenvalue weighted by molar-refractivity contribution is 5.42. The first-order valence-electron chi connectivity index (χ1n) is 6.18. The first-order chi connectivity index (χ1) is 9.08. The van der Waals surface area contributed by atoms with Crippen molar-refractivity contribution in [2.75, 3.05) is 0 Å². The number of para-hydroxylation sites is 1. The molecule has 2 rings (SSSR count). The third kappa shape index (κ3) is 3.13. The van der Waals surface area contributed by atoms with Gasteiger partial charge in [-0.2, -0.15) is 0 Å². The summed E-state index contributed by atoms with van der Waals surface area (Å²) in [4.78, 5) is 11.8. The van der Waals surface area contributed by atoms with Gasteiger partial charge in [0.1, 0.15) is 5.75 Å². The normalized spacial score (nSPS) is 10.5. The van der Waals surface area contributed by atoms with E-state index in [-0.39, 0.29) is 17.4 Å². The van der Waals surface area contributed by atoms with Crippen molar-refractivity contribution in [3.8, 4) is 17.2 Å². The molecule has 3 heteroatoms. The third-order valence-corrected chi connectivity index (χ3v) is 2.83. The predicted molar refractivity (Wildman–Crippen MR) is 75.0 cm³/mol. The van der Waals surface area contributed by atoms with Crippen molar-refractivity contribution >= 4 is 0 Å². The Hall–Kier alpha value is -2.29. The van der Waals surface area contributed by atoms with Crippen LogP contribution in [0.3, 0.4) is 0 Å². The van der Waals surface area contributed by atoms with Crippen LogP contribution in [0.2, 0.25) is 0 Å². The van der Waals surface area contributed by atoms with Crippen LogP contribution in [0, 0.1) is 0 Å². The molecular formula is C16H16O3. The molecule has 0 bridgehead atoms. The Morgan fingerprint density at radius 3 is 2.37 bits per heavy atom. The Balaban J connectivity index is 2.45. The van der Waals surface area contributed by atoms with Crippen molar-refractivity contribution in [2.45, 2.75) is 19.8 Å². The zero-order valence-electron chi connectivity index (χ0n) is 11.0. The molecule has 1 N–H and O–H groups in total. The quantitative estimate of drug-likeness (QED) is 0.911. The van der Waals surface area contributed by atoms with Crippen LogP contribution in [0.15, 0.2) is 53.3 Å². The molecule has 0 heterocycles. The molecule has 0 aliphatic carbocycles. The zero-order valence-corrected chi connectivity index (χ0v) is 11.0. The molecule has 2 aromatic carbocycles. The Labute approximate surface area is 112 Å². The first kappa shape index (κ1) is 13.1. The van der Waals surface area contributed by atoms with Crippen molar-refractivity contribution in [3.63, 3.8) is 0 Å². The van der Waals surface area contributed by atoms with Gasteiger partial charge >= 0.3 is 0 Å². The van der Waals surface area contributed by atoms with Crippen LogP contribution in [-0.2, 0) is 0 Å². The molecule has 0 unspecified atom stereocenters. The van der Waals surface area contributed by atoms with E-state index in [1.807, 2.05) is 32.0 Å². The summed E-state index contributed by atoms with van der Waals surface area (Å²) in [5.41, 5.74) is 0.433. The molecule has 0 radical (unpaired) electrons. The van der Waals surface area contributed by atoms with Crippen molar-refractivity contribution < 1.29 is 9.84 Å². The van der Waals surface area contributed by atoms with E-state index >= 15 is 0 Å². The summed E-state index contributed by atoms with van der Waals surface area (Å²) in [7, 11) is 0. The van der Waals surface area contributed by atoms with Gasteiger partial charge in [-0.1, -0.05) is 38.1 Å². The van der Waals surface area contributed by atoms with E-state index in [4.69, 9.17) is 4.74 Å². The average molecular weight is 256 g/mol. The first-order valence-corrected chi connectivity index (χ1v) is 6.18. The lowest BCUT2D eigenvalue weighted by molar-refractivity contribution is 0.409. The predicted octanol–water partition coefficient (Wildman–Crippen LogP) is 3.67. The molecular weight excluding hydrogens is 240 g/mol. The Morgan fingerprint density at radius 1 is 1.05 bits per heavy atom. The van der Waals surface area contributed by atoms with Gasteiger partial charge in [-0.05, 0) is 35.7 Å². The fourth-order valence-electron chi connectivity index (χ4n) is 1.70. The number of hydrogen-bond acceptors (Lipinski definition) is 3. The fourth-order valence-corrected chi connectivity index (χ4v) is 1.70. The smallest absolute Gasteiger partial charge is 0.224 e. The molecule has 0 saturated heterocycles. The topological polar surface area (TPSA) is 46.5 Å². The highest BCUT2D eigenvalue weighted by atomic mass is 16.5. The van der Waals surface area contributed by atoms with Crippen LogP contribution in [-0.4, -0.2) is 5.11 Å². The summed E-state index contributed by atoms with van der Waals surface area (Å²) in [5.74, 6) is 0.595. The van der Waals surface area contributed by atoms with Gasteiger partial charge in [-0.25, -0.2) is 0 Å². The number of benzene rings is 1. The molecule has 0 atom stereocenters. The minimum absolute atomic E-state index is 0.170. The van der Waals surface area contributed by atoms with E-state index < -0.39 is 5.43 Å². The maximum absolute atomic E-state index is 11.8. The maximum atomic E-state index is 11.8. The van der Waals surface area contributed by atoms with Crippen LogP contribution < -0.4 is 10.2 Å². The maximum Gasteiger partial charge on any atom is 0.224 e. The second-order valence-electron chi connectivity index (χ2n) is 4.62. The average Bonchev–Trinajstić information content (AvgIpc) is 2.53. The van der Waals surface area contributed by atoms with E-state index in [0.29, 0.717) is 5.75 Å². The standard InChI is InChI=1S/C16H16O3/c1-11(2)12-8-9-15(16(18)14(17)10-12)19-13-6-4-3-5-7-13/h3-11H,1-2H3,(H,17,18). The highest BCUT2D eigenvalue weighted by Gasteiger charge is 2.08. The molecule has 0 aromatic heterocycles. The summed E-state index contributed by atoms with van der Waals surface area (Å²) < 4.78 is 5.53. The third-order valence-electron chi connectivity index (χ3n) is 2.83. The molecule has 19 heavy (non-hydrogen) atoms. The van der Waals surface area contributed by atoms with E-state index in [1.54, 1.807) is 24.3 Å². The summed E-state index contributed by atoms with van der Waals surface area (Å²) in [6.07, 6.45) is 0. The SMILES string of the molecule is CC(C)c1ccc(Oc2ccccc2)c(O)c(=O)c1. The molecule has 3 nitrogen and oxygen atoms in total. The number of hydrogen-bond donors (Lipinski definition) is 1. The summed E-state index contributed by atoms with van der Waals surface area (Å²) in [5, 5.41) is 9.89. The van der Waals surface area contributed by atoms with Gasteiger partial charge in [-0.15, -0.1) is 0 Å². The van der Waals surface area contributed by atoms with Gasteiger partial charge in [-0.3, -0.25) is 4.79 Å². The van der Waals surface area contributed by atoms with Crippen LogP contribution >= 0.6 is 0 Å². The molecule has 0 fully saturated rings. The van der Waals surface area contributed by atoms with Crippen LogP contribution in [0.4, 0.5) is 0 Å². The molecule has 98 valence electrons. The van der Waals surface area contributed by atoms with Crippen LogP contribution in [0.1, 0.15) is 25.3 Å². The van der Waals surface area contributed by atoms with E-state index in [9.17, 15) is 9.90 Å². The lowest BCUT2D eigenvalue weighted by Crippen LogP contribution is -1.98. The van der Waals surface area contributed by atoms with Crippen molar-refractivity contribution in [1.29, 1.82) is 0 Å². The Morgan fingerprint density at radius 2 is 1.74 bits per heavy atom. The van der Waals surface area contributed by atoms with Crippen LogP contribution in [0.5, 0.6) is 17.2 Å². The van der Waals surface area contributed by atoms with Crippen molar-refractivity contribution in [1.82, 2.24) is 0 Å². The zero-order chi connectivity index (χ0) is 13.8. The highest BCUT2D eigenvalue weighted by Crippen LogP contribution is 2.27. The van der Waals surface area contributed by atoms with Gasteiger partial charge in [0.05, 0.1) is 0 Å². The molecule has 0 aliphatic rings. The van der Waals surface area contributed by atoms with Crippen molar-refractivity contribution in [3.05, 3.63) is 64.3 Å². The molecule has 0 amide bonds. The summed E-state index contributed by atoms with van der Waals surface area (Å²) in [6.45, 7) is 3.98. The lowest BCUT2D eigenvalue weighted by atomic mass is 10.1. The number of ether oxygens (including phenoxy) is 1. The van der Waals surface area contributed by atoms with E-state index in [0.717, 1.165) is 5.56 Å². The van der Waals surface area contributed by atoms with Gasteiger partial charge in [0, 0.05) is 0 Å². The Kier molecular flexibility index (Phi) is 3.85. The van der Waals surface area contributed by atoms with E-state index in [2.05, 4.69) is 0 Å². The van der Waals surface area contributed by atoms with Crippen LogP contribution in [0.25, 0.3) is 0 Å².